The Bertz CT molecular complexity index is 79.0. The van der Waals surface area contributed by atoms with Crippen molar-refractivity contribution in [2.45, 2.75) is 26.2 Å². The van der Waals surface area contributed by atoms with Crippen LogP contribution in [0.3, 0.4) is 0 Å². The molecule has 0 spiro atoms. The van der Waals surface area contributed by atoms with Gasteiger partial charge in [0.1, 0.15) is 0 Å². The van der Waals surface area contributed by atoms with Gasteiger partial charge in [0, 0.05) is 6.92 Å². The van der Waals surface area contributed by atoms with E-state index in [4.69, 9.17) is 0 Å². The molecule has 0 rings (SSSR count). The van der Waals surface area contributed by atoms with Crippen molar-refractivity contribution in [3.8, 4) is 0 Å². The lowest BCUT2D eigenvalue weighted by molar-refractivity contribution is 0.0772. The molecule has 2 heteroatoms. The van der Waals surface area contributed by atoms with Gasteiger partial charge < -0.3 is 0 Å². The van der Waals surface area contributed by atoms with Gasteiger partial charge in [-0.25, -0.2) is 8.78 Å². The van der Waals surface area contributed by atoms with Crippen molar-refractivity contribution in [1.29, 1.82) is 0 Å². The quantitative estimate of drug-likeness (QED) is 0.491. The minimum absolute atomic E-state index is 0.670. The minimum Gasteiger partial charge on any atom is -0.202 e. The maximum atomic E-state index is 11.8. The summed E-state index contributed by atoms with van der Waals surface area (Å²) in [4.78, 5) is 0. The van der Waals surface area contributed by atoms with Crippen molar-refractivity contribution < 1.29 is 8.78 Å². The molecule has 0 nitrogen and oxygen atoms in total. The normalized spacial score (nSPS) is 13.0. The SMILES string of the molecule is CC/C=C/C(C)(F)F. The molecule has 0 aliphatic heterocycles. The third kappa shape index (κ3) is 5.60. The van der Waals surface area contributed by atoms with Crippen LogP contribution in [-0.4, -0.2) is 5.92 Å². The topological polar surface area (TPSA) is 0 Å². The fourth-order valence-electron chi connectivity index (χ4n) is 0.325. The fraction of sp³-hybridized carbons (Fsp3) is 0.667. The molecule has 0 N–H and O–H groups in total. The van der Waals surface area contributed by atoms with E-state index in [1.54, 1.807) is 0 Å². The Morgan fingerprint density at radius 2 is 2.00 bits per heavy atom. The third-order valence-electron chi connectivity index (χ3n) is 0.646. The summed E-state index contributed by atoms with van der Waals surface area (Å²) in [5.74, 6) is -2.63. The highest BCUT2D eigenvalue weighted by atomic mass is 19.3. The van der Waals surface area contributed by atoms with Gasteiger partial charge in [-0.05, 0) is 12.5 Å². The van der Waals surface area contributed by atoms with Crippen LogP contribution in [0.25, 0.3) is 0 Å². The number of hydrogen-bond donors (Lipinski definition) is 0. The predicted octanol–water partition coefficient (Wildman–Crippen LogP) is 2.61. The zero-order chi connectivity index (χ0) is 6.62. The van der Waals surface area contributed by atoms with Gasteiger partial charge in [0.25, 0.3) is 5.92 Å². The molecule has 0 bridgehead atoms. The molecular weight excluding hydrogens is 110 g/mol. The summed E-state index contributed by atoms with van der Waals surface area (Å²) in [6.07, 6.45) is 3.04. The molecular formula is C6H10F2. The monoisotopic (exact) mass is 120 g/mol. The largest absolute Gasteiger partial charge is 0.263 e. The summed E-state index contributed by atoms with van der Waals surface area (Å²) in [7, 11) is 0. The molecule has 8 heavy (non-hydrogen) atoms. The summed E-state index contributed by atoms with van der Waals surface area (Å²) in [5, 5.41) is 0. The Labute approximate surface area is 48.2 Å². The van der Waals surface area contributed by atoms with Crippen LogP contribution in [0.5, 0.6) is 0 Å². The summed E-state index contributed by atoms with van der Waals surface area (Å²) in [6.45, 7) is 2.70. The second-order valence-electron chi connectivity index (χ2n) is 1.77. The maximum absolute atomic E-state index is 11.8. The minimum atomic E-state index is -2.63. The predicted molar refractivity (Wildman–Crippen MR) is 30.1 cm³/mol. The Kier molecular flexibility index (Phi) is 2.66. The standard InChI is InChI=1S/C6H10F2/c1-3-4-5-6(2,7)8/h4-5H,3H2,1-2H3/b5-4+. The van der Waals surface area contributed by atoms with Gasteiger partial charge in [0.15, 0.2) is 0 Å². The second kappa shape index (κ2) is 2.80. The lowest BCUT2D eigenvalue weighted by Gasteiger charge is -1.99. The summed E-state index contributed by atoms with van der Waals surface area (Å²) in [6, 6.07) is 0. The Balaban J connectivity index is 3.52. The molecule has 0 saturated heterocycles. The molecule has 0 amide bonds. The first kappa shape index (κ1) is 7.60. The van der Waals surface area contributed by atoms with Gasteiger partial charge in [-0.2, -0.15) is 0 Å². The van der Waals surface area contributed by atoms with Gasteiger partial charge in [0.05, 0.1) is 0 Å². The summed E-state index contributed by atoms with van der Waals surface area (Å²) in [5.41, 5.74) is 0. The second-order valence-corrected chi connectivity index (χ2v) is 1.77. The van der Waals surface area contributed by atoms with Crippen molar-refractivity contribution >= 4 is 0 Å². The van der Waals surface area contributed by atoms with Crippen LogP contribution in [0.15, 0.2) is 12.2 Å². The Hall–Kier alpha value is -0.400. The van der Waals surface area contributed by atoms with Crippen LogP contribution < -0.4 is 0 Å². The first-order valence-electron chi connectivity index (χ1n) is 2.62. The molecule has 0 aromatic carbocycles. The van der Waals surface area contributed by atoms with E-state index in [0.29, 0.717) is 6.42 Å². The van der Waals surface area contributed by atoms with Crippen molar-refractivity contribution in [1.82, 2.24) is 0 Å². The molecule has 0 aliphatic rings. The van der Waals surface area contributed by atoms with E-state index in [0.717, 1.165) is 13.0 Å². The van der Waals surface area contributed by atoms with Crippen molar-refractivity contribution in [2.24, 2.45) is 0 Å². The van der Waals surface area contributed by atoms with Crippen LogP contribution in [0.4, 0.5) is 8.78 Å². The molecule has 0 atom stereocenters. The van der Waals surface area contributed by atoms with Gasteiger partial charge >= 0.3 is 0 Å². The van der Waals surface area contributed by atoms with Crippen LogP contribution in [-0.2, 0) is 0 Å². The van der Waals surface area contributed by atoms with Crippen molar-refractivity contribution in [2.75, 3.05) is 0 Å². The third-order valence-corrected chi connectivity index (χ3v) is 0.646. The van der Waals surface area contributed by atoms with Crippen molar-refractivity contribution in [3.63, 3.8) is 0 Å². The number of halogens is 2. The highest BCUT2D eigenvalue weighted by Crippen LogP contribution is 2.12. The highest BCUT2D eigenvalue weighted by Gasteiger charge is 2.13. The number of allylic oxidation sites excluding steroid dienone is 2. The molecule has 0 heterocycles. The molecule has 0 aromatic heterocycles. The van der Waals surface area contributed by atoms with Crippen molar-refractivity contribution in [3.05, 3.63) is 12.2 Å². The van der Waals surface area contributed by atoms with E-state index in [9.17, 15) is 8.78 Å². The van der Waals surface area contributed by atoms with Crippen LogP contribution in [0, 0.1) is 0 Å². The van der Waals surface area contributed by atoms with Gasteiger partial charge in [-0.15, -0.1) is 0 Å². The zero-order valence-electron chi connectivity index (χ0n) is 5.12. The molecule has 0 saturated carbocycles. The Morgan fingerprint density at radius 1 is 1.50 bits per heavy atom. The van der Waals surface area contributed by atoms with E-state index in [2.05, 4.69) is 0 Å². The van der Waals surface area contributed by atoms with Crippen LogP contribution in [0.1, 0.15) is 20.3 Å². The molecule has 0 aromatic rings. The van der Waals surface area contributed by atoms with E-state index < -0.39 is 5.92 Å². The van der Waals surface area contributed by atoms with Gasteiger partial charge in [0.2, 0.25) is 0 Å². The van der Waals surface area contributed by atoms with Gasteiger partial charge in [-0.1, -0.05) is 13.0 Å². The molecule has 0 unspecified atom stereocenters. The average Bonchev–Trinajstić information content (AvgIpc) is 1.59. The molecule has 0 radical (unpaired) electrons. The van der Waals surface area contributed by atoms with Gasteiger partial charge in [-0.3, -0.25) is 0 Å². The molecule has 0 fully saturated rings. The number of alkyl halides is 2. The summed E-state index contributed by atoms with van der Waals surface area (Å²) < 4.78 is 23.6. The fourth-order valence-corrected chi connectivity index (χ4v) is 0.325. The Morgan fingerprint density at radius 3 is 2.12 bits per heavy atom. The van der Waals surface area contributed by atoms with E-state index in [1.807, 2.05) is 6.92 Å². The molecule has 0 aliphatic carbocycles. The first-order chi connectivity index (χ1) is 3.56. The lowest BCUT2D eigenvalue weighted by Crippen LogP contribution is -2.02. The number of hydrogen-bond acceptors (Lipinski definition) is 0. The van der Waals surface area contributed by atoms with Crippen LogP contribution >= 0.6 is 0 Å². The maximum Gasteiger partial charge on any atom is 0.263 e. The highest BCUT2D eigenvalue weighted by molar-refractivity contribution is 4.90. The first-order valence-corrected chi connectivity index (χ1v) is 2.62. The molecule has 48 valence electrons. The lowest BCUT2D eigenvalue weighted by atomic mass is 10.3. The number of rotatable bonds is 2. The van der Waals surface area contributed by atoms with E-state index in [1.165, 1.54) is 6.08 Å². The van der Waals surface area contributed by atoms with Crippen LogP contribution in [0.2, 0.25) is 0 Å². The zero-order valence-corrected chi connectivity index (χ0v) is 5.12. The summed E-state index contributed by atoms with van der Waals surface area (Å²) >= 11 is 0. The smallest absolute Gasteiger partial charge is 0.202 e. The van der Waals surface area contributed by atoms with E-state index in [-0.39, 0.29) is 0 Å². The average molecular weight is 120 g/mol. The van der Waals surface area contributed by atoms with E-state index >= 15 is 0 Å².